The van der Waals surface area contributed by atoms with Crippen molar-refractivity contribution in [1.29, 1.82) is 0 Å². The van der Waals surface area contributed by atoms with E-state index >= 15 is 0 Å². The minimum atomic E-state index is -1.14. The van der Waals surface area contributed by atoms with Crippen molar-refractivity contribution in [3.05, 3.63) is 48.0 Å². The second-order valence-corrected chi connectivity index (χ2v) is 5.67. The molecule has 2 heterocycles. The summed E-state index contributed by atoms with van der Waals surface area (Å²) < 4.78 is 5.27. The van der Waals surface area contributed by atoms with Crippen molar-refractivity contribution in [2.45, 2.75) is 12.0 Å². The minimum absolute atomic E-state index is 0.0212. The summed E-state index contributed by atoms with van der Waals surface area (Å²) in [5.74, 6) is 0.179. The van der Waals surface area contributed by atoms with Crippen molar-refractivity contribution in [3.63, 3.8) is 0 Å². The van der Waals surface area contributed by atoms with E-state index in [4.69, 9.17) is 4.74 Å². The lowest BCUT2D eigenvalue weighted by atomic mass is 9.80. The number of hydrogen-bond acceptors (Lipinski definition) is 4. The van der Waals surface area contributed by atoms with Crippen LogP contribution in [0.5, 0.6) is 5.75 Å². The van der Waals surface area contributed by atoms with Gasteiger partial charge in [-0.3, -0.25) is 9.59 Å². The summed E-state index contributed by atoms with van der Waals surface area (Å²) in [6, 6.07) is 12.7. The minimum Gasteiger partial charge on any atom is -0.497 e. The van der Waals surface area contributed by atoms with E-state index < -0.39 is 5.54 Å². The van der Waals surface area contributed by atoms with Gasteiger partial charge in [0, 0.05) is 11.3 Å². The molecule has 0 bridgehead atoms. The van der Waals surface area contributed by atoms with Gasteiger partial charge in [0.1, 0.15) is 5.75 Å². The first-order chi connectivity index (χ1) is 11.1. The number of carbonyl (C=O) groups is 2. The van der Waals surface area contributed by atoms with Gasteiger partial charge in [0.05, 0.1) is 24.9 Å². The molecular formula is C17H15N3O3. The summed E-state index contributed by atoms with van der Waals surface area (Å²) in [4.78, 5) is 25.0. The number of benzene rings is 2. The number of anilines is 3. The molecule has 2 aliphatic rings. The summed E-state index contributed by atoms with van der Waals surface area (Å²) in [6.07, 6.45) is 0.0212. The van der Waals surface area contributed by atoms with Gasteiger partial charge in [0.25, 0.3) is 5.91 Å². The van der Waals surface area contributed by atoms with Gasteiger partial charge in [0.2, 0.25) is 5.91 Å². The van der Waals surface area contributed by atoms with E-state index in [-0.39, 0.29) is 18.2 Å². The number of hydrogen-bond donors (Lipinski definition) is 3. The topological polar surface area (TPSA) is 79.5 Å². The van der Waals surface area contributed by atoms with Crippen LogP contribution < -0.4 is 20.7 Å². The Kier molecular flexibility index (Phi) is 2.81. The number of amides is 2. The van der Waals surface area contributed by atoms with Crippen molar-refractivity contribution in [3.8, 4) is 5.75 Å². The Labute approximate surface area is 132 Å². The molecule has 6 nitrogen and oxygen atoms in total. The van der Waals surface area contributed by atoms with E-state index in [0.29, 0.717) is 22.7 Å². The third-order valence-corrected chi connectivity index (χ3v) is 4.30. The number of ether oxygens (including phenoxy) is 1. The van der Waals surface area contributed by atoms with E-state index in [1.807, 2.05) is 24.3 Å². The second-order valence-electron chi connectivity index (χ2n) is 5.67. The standard InChI is InChI=1S/C17H15N3O3/c1-23-10-6-7-12-11(8-10)17(9-15(21)18-12)16(22)19-13-4-2-3-5-14(13)20-17/h2-8,20H,9H2,1H3,(H,18,21)(H,19,22). The predicted octanol–water partition coefficient (Wildman–Crippen LogP) is 2.30. The van der Waals surface area contributed by atoms with Crippen LogP contribution in [0.15, 0.2) is 42.5 Å². The highest BCUT2D eigenvalue weighted by atomic mass is 16.5. The van der Waals surface area contributed by atoms with Gasteiger partial charge in [-0.2, -0.15) is 0 Å². The molecule has 3 N–H and O–H groups in total. The Bertz CT molecular complexity index is 834. The van der Waals surface area contributed by atoms with Crippen molar-refractivity contribution in [2.75, 3.05) is 23.1 Å². The molecule has 6 heteroatoms. The number of carbonyl (C=O) groups excluding carboxylic acids is 2. The first-order valence-electron chi connectivity index (χ1n) is 7.29. The average Bonchev–Trinajstić information content (AvgIpc) is 2.55. The van der Waals surface area contributed by atoms with Crippen molar-refractivity contribution < 1.29 is 14.3 Å². The normalized spacial score (nSPS) is 21.6. The summed E-state index contributed by atoms with van der Waals surface area (Å²) in [7, 11) is 1.57. The van der Waals surface area contributed by atoms with Crippen molar-refractivity contribution in [1.82, 2.24) is 0 Å². The van der Waals surface area contributed by atoms with Crippen LogP contribution in [0.1, 0.15) is 12.0 Å². The van der Waals surface area contributed by atoms with Crippen LogP contribution in [0.25, 0.3) is 0 Å². The molecular weight excluding hydrogens is 294 g/mol. The van der Waals surface area contributed by atoms with Crippen LogP contribution in [0.3, 0.4) is 0 Å². The highest BCUT2D eigenvalue weighted by Gasteiger charge is 2.49. The fraction of sp³-hybridized carbons (Fsp3) is 0.176. The predicted molar refractivity (Wildman–Crippen MR) is 86.6 cm³/mol. The van der Waals surface area contributed by atoms with Gasteiger partial charge in [-0.15, -0.1) is 0 Å². The Balaban J connectivity index is 1.91. The summed E-state index contributed by atoms with van der Waals surface area (Å²) >= 11 is 0. The monoisotopic (exact) mass is 309 g/mol. The first kappa shape index (κ1) is 13.6. The fourth-order valence-corrected chi connectivity index (χ4v) is 3.17. The van der Waals surface area contributed by atoms with E-state index in [2.05, 4.69) is 16.0 Å². The Morgan fingerprint density at radius 3 is 2.57 bits per heavy atom. The molecule has 0 saturated heterocycles. The largest absolute Gasteiger partial charge is 0.497 e. The number of para-hydroxylation sites is 2. The van der Waals surface area contributed by atoms with Crippen LogP contribution in [-0.2, 0) is 15.1 Å². The van der Waals surface area contributed by atoms with Crippen LogP contribution in [0.4, 0.5) is 17.1 Å². The lowest BCUT2D eigenvalue weighted by Gasteiger charge is -2.42. The molecule has 4 rings (SSSR count). The third-order valence-electron chi connectivity index (χ3n) is 4.30. The molecule has 23 heavy (non-hydrogen) atoms. The van der Waals surface area contributed by atoms with Crippen LogP contribution in [0.2, 0.25) is 0 Å². The quantitative estimate of drug-likeness (QED) is 0.755. The molecule has 2 aromatic carbocycles. The summed E-state index contributed by atoms with van der Waals surface area (Å²) in [6.45, 7) is 0. The van der Waals surface area contributed by atoms with E-state index in [1.165, 1.54) is 0 Å². The number of methoxy groups -OCH3 is 1. The molecule has 0 fully saturated rings. The zero-order chi connectivity index (χ0) is 16.0. The van der Waals surface area contributed by atoms with E-state index in [9.17, 15) is 9.59 Å². The molecule has 2 aliphatic heterocycles. The van der Waals surface area contributed by atoms with Crippen LogP contribution in [-0.4, -0.2) is 18.9 Å². The maximum absolute atomic E-state index is 12.8. The second kappa shape index (κ2) is 4.74. The fourth-order valence-electron chi connectivity index (χ4n) is 3.17. The maximum atomic E-state index is 12.8. The molecule has 2 amide bonds. The zero-order valence-electron chi connectivity index (χ0n) is 12.5. The zero-order valence-corrected chi connectivity index (χ0v) is 12.5. The maximum Gasteiger partial charge on any atom is 0.255 e. The smallest absolute Gasteiger partial charge is 0.255 e. The van der Waals surface area contributed by atoms with Crippen molar-refractivity contribution >= 4 is 28.9 Å². The average molecular weight is 309 g/mol. The van der Waals surface area contributed by atoms with Crippen LogP contribution in [0, 0.1) is 0 Å². The molecule has 0 aromatic heterocycles. The molecule has 1 spiro atoms. The van der Waals surface area contributed by atoms with Crippen LogP contribution >= 0.6 is 0 Å². The summed E-state index contributed by atoms with van der Waals surface area (Å²) in [5.41, 5.74) is 1.67. The number of rotatable bonds is 1. The SMILES string of the molecule is COc1ccc2c(c1)C1(CC(=O)N2)Nc2ccccc2NC1=O. The molecule has 0 saturated carbocycles. The molecule has 0 aliphatic carbocycles. The molecule has 116 valence electrons. The number of fused-ring (bicyclic) bond motifs is 3. The molecule has 1 atom stereocenters. The van der Waals surface area contributed by atoms with Gasteiger partial charge in [0.15, 0.2) is 5.54 Å². The highest BCUT2D eigenvalue weighted by molar-refractivity contribution is 6.12. The van der Waals surface area contributed by atoms with E-state index in [1.54, 1.807) is 25.3 Å². The lowest BCUT2D eigenvalue weighted by molar-refractivity contribution is -0.126. The Morgan fingerprint density at radius 1 is 1.00 bits per heavy atom. The van der Waals surface area contributed by atoms with Gasteiger partial charge in [-0.1, -0.05) is 12.1 Å². The van der Waals surface area contributed by atoms with Crippen molar-refractivity contribution in [2.24, 2.45) is 0 Å². The Hall–Kier alpha value is -3.02. The molecule has 1 unspecified atom stereocenters. The van der Waals surface area contributed by atoms with Gasteiger partial charge in [-0.05, 0) is 30.3 Å². The Morgan fingerprint density at radius 2 is 1.78 bits per heavy atom. The molecule has 0 radical (unpaired) electrons. The van der Waals surface area contributed by atoms with E-state index in [0.717, 1.165) is 5.69 Å². The third kappa shape index (κ3) is 1.95. The summed E-state index contributed by atoms with van der Waals surface area (Å²) in [5, 5.41) is 8.98. The van der Waals surface area contributed by atoms with Gasteiger partial charge < -0.3 is 20.7 Å². The highest BCUT2D eigenvalue weighted by Crippen LogP contribution is 2.44. The van der Waals surface area contributed by atoms with Gasteiger partial charge >= 0.3 is 0 Å². The first-order valence-corrected chi connectivity index (χ1v) is 7.29. The number of nitrogens with one attached hydrogen (secondary N) is 3. The lowest BCUT2D eigenvalue weighted by Crippen LogP contribution is -2.54. The molecule has 2 aromatic rings. The van der Waals surface area contributed by atoms with Gasteiger partial charge in [-0.25, -0.2) is 0 Å².